The molecule has 0 aliphatic heterocycles. The molecule has 5 heteroatoms. The Morgan fingerprint density at radius 3 is 2.70 bits per heavy atom. The lowest BCUT2D eigenvalue weighted by Gasteiger charge is -2.14. The van der Waals surface area contributed by atoms with E-state index in [0.717, 1.165) is 10.6 Å². The molecule has 2 N–H and O–H groups in total. The standard InChI is InChI=1S/C15H16N2O2S/c1-19-15(18)12(11-6-3-2-4-7-11)10-20-14-13(16)8-5-9-17-14/h2-9,12H,10,16H2,1H3. The second kappa shape index (κ2) is 6.96. The fourth-order valence-electron chi connectivity index (χ4n) is 1.81. The first-order valence-corrected chi connectivity index (χ1v) is 7.17. The van der Waals surface area contributed by atoms with E-state index in [4.69, 9.17) is 10.5 Å². The van der Waals surface area contributed by atoms with Gasteiger partial charge in [-0.3, -0.25) is 4.79 Å². The Kier molecular flexibility index (Phi) is 5.01. The number of esters is 1. The van der Waals surface area contributed by atoms with Crippen molar-refractivity contribution in [3.63, 3.8) is 0 Å². The van der Waals surface area contributed by atoms with Gasteiger partial charge in [-0.2, -0.15) is 0 Å². The second-order valence-electron chi connectivity index (χ2n) is 4.20. The molecule has 0 aliphatic carbocycles. The van der Waals surface area contributed by atoms with Crippen LogP contribution < -0.4 is 5.73 Å². The minimum atomic E-state index is -0.326. The molecule has 0 fully saturated rings. The molecule has 0 amide bonds. The van der Waals surface area contributed by atoms with E-state index < -0.39 is 0 Å². The Morgan fingerprint density at radius 2 is 2.05 bits per heavy atom. The van der Waals surface area contributed by atoms with Crippen LogP contribution in [0.15, 0.2) is 53.7 Å². The zero-order chi connectivity index (χ0) is 14.4. The van der Waals surface area contributed by atoms with Crippen LogP contribution in [0.2, 0.25) is 0 Å². The van der Waals surface area contributed by atoms with Gasteiger partial charge in [0.05, 0.1) is 18.7 Å². The van der Waals surface area contributed by atoms with Crippen molar-refractivity contribution in [3.8, 4) is 0 Å². The second-order valence-corrected chi connectivity index (χ2v) is 5.20. The van der Waals surface area contributed by atoms with Crippen LogP contribution in [0.1, 0.15) is 11.5 Å². The van der Waals surface area contributed by atoms with Gasteiger partial charge in [0.15, 0.2) is 0 Å². The maximum absolute atomic E-state index is 11.9. The van der Waals surface area contributed by atoms with Crippen molar-refractivity contribution in [1.29, 1.82) is 0 Å². The molecular formula is C15H16N2O2S. The Hall–Kier alpha value is -2.01. The molecular weight excluding hydrogens is 272 g/mol. The number of nitrogens with two attached hydrogens (primary N) is 1. The molecule has 0 saturated carbocycles. The van der Waals surface area contributed by atoms with Gasteiger partial charge in [-0.25, -0.2) is 4.98 Å². The van der Waals surface area contributed by atoms with Gasteiger partial charge in [-0.1, -0.05) is 30.3 Å². The predicted molar refractivity (Wildman–Crippen MR) is 80.6 cm³/mol. The van der Waals surface area contributed by atoms with Gasteiger partial charge >= 0.3 is 5.97 Å². The molecule has 0 aliphatic rings. The van der Waals surface area contributed by atoms with Gasteiger partial charge in [0.2, 0.25) is 0 Å². The summed E-state index contributed by atoms with van der Waals surface area (Å²) in [6, 6.07) is 13.2. The van der Waals surface area contributed by atoms with E-state index >= 15 is 0 Å². The van der Waals surface area contributed by atoms with Crippen molar-refractivity contribution in [2.75, 3.05) is 18.6 Å². The lowest BCUT2D eigenvalue weighted by atomic mass is 10.0. The zero-order valence-corrected chi connectivity index (χ0v) is 12.0. The number of rotatable bonds is 5. The van der Waals surface area contributed by atoms with Crippen LogP contribution in [0.25, 0.3) is 0 Å². The average Bonchev–Trinajstić information content (AvgIpc) is 2.50. The maximum atomic E-state index is 11.9. The Bertz CT molecular complexity index is 575. The molecule has 1 heterocycles. The molecule has 20 heavy (non-hydrogen) atoms. The molecule has 0 spiro atoms. The van der Waals surface area contributed by atoms with Crippen LogP contribution in [0.4, 0.5) is 5.69 Å². The van der Waals surface area contributed by atoms with E-state index in [2.05, 4.69) is 4.98 Å². The lowest BCUT2D eigenvalue weighted by Crippen LogP contribution is -2.16. The minimum absolute atomic E-state index is 0.252. The van der Waals surface area contributed by atoms with Crippen LogP contribution in [0, 0.1) is 0 Å². The number of pyridine rings is 1. The van der Waals surface area contributed by atoms with E-state index in [1.54, 1.807) is 18.3 Å². The van der Waals surface area contributed by atoms with Gasteiger partial charge in [-0.15, -0.1) is 11.8 Å². The van der Waals surface area contributed by atoms with Gasteiger partial charge in [0.1, 0.15) is 5.03 Å². The summed E-state index contributed by atoms with van der Waals surface area (Å²) >= 11 is 1.46. The summed E-state index contributed by atoms with van der Waals surface area (Å²) in [5.41, 5.74) is 7.41. The summed E-state index contributed by atoms with van der Waals surface area (Å²) in [4.78, 5) is 16.1. The van der Waals surface area contributed by atoms with Crippen molar-refractivity contribution >= 4 is 23.4 Å². The third-order valence-corrected chi connectivity index (χ3v) is 3.99. The molecule has 1 unspecified atom stereocenters. The topological polar surface area (TPSA) is 65.2 Å². The van der Waals surface area contributed by atoms with Crippen molar-refractivity contribution < 1.29 is 9.53 Å². The number of hydrogen-bond donors (Lipinski definition) is 1. The molecule has 1 atom stereocenters. The van der Waals surface area contributed by atoms with Crippen molar-refractivity contribution in [2.45, 2.75) is 10.9 Å². The van der Waals surface area contributed by atoms with Gasteiger partial charge in [-0.05, 0) is 17.7 Å². The highest BCUT2D eigenvalue weighted by Gasteiger charge is 2.22. The molecule has 1 aromatic carbocycles. The number of ether oxygens (including phenoxy) is 1. The van der Waals surface area contributed by atoms with Crippen LogP contribution in [0.3, 0.4) is 0 Å². The van der Waals surface area contributed by atoms with Gasteiger partial charge in [0.25, 0.3) is 0 Å². The fraction of sp³-hybridized carbons (Fsp3) is 0.200. The predicted octanol–water partition coefficient (Wildman–Crippen LogP) is 2.71. The SMILES string of the molecule is COC(=O)C(CSc1ncccc1N)c1ccccc1. The first kappa shape index (κ1) is 14.4. The third-order valence-electron chi connectivity index (χ3n) is 2.87. The summed E-state index contributed by atoms with van der Waals surface area (Å²) in [5.74, 6) is -0.0384. The number of nitrogens with zero attached hydrogens (tertiary/aromatic N) is 1. The highest BCUT2D eigenvalue weighted by molar-refractivity contribution is 7.99. The van der Waals surface area contributed by atoms with E-state index in [-0.39, 0.29) is 11.9 Å². The molecule has 104 valence electrons. The molecule has 0 saturated heterocycles. The molecule has 1 aromatic heterocycles. The summed E-state index contributed by atoms with van der Waals surface area (Å²) in [6.07, 6.45) is 1.69. The van der Waals surface area contributed by atoms with Crippen LogP contribution in [-0.2, 0) is 9.53 Å². The Morgan fingerprint density at radius 1 is 1.30 bits per heavy atom. The molecule has 4 nitrogen and oxygen atoms in total. The number of thioether (sulfide) groups is 1. The number of methoxy groups -OCH3 is 1. The number of nitrogen functional groups attached to an aromatic ring is 1. The largest absolute Gasteiger partial charge is 0.469 e. The van der Waals surface area contributed by atoms with Crippen molar-refractivity contribution in [1.82, 2.24) is 4.98 Å². The molecule has 0 radical (unpaired) electrons. The Labute approximate surface area is 122 Å². The smallest absolute Gasteiger partial charge is 0.313 e. The highest BCUT2D eigenvalue weighted by atomic mass is 32.2. The monoisotopic (exact) mass is 288 g/mol. The summed E-state index contributed by atoms with van der Waals surface area (Å²) in [5, 5.41) is 0.734. The van der Waals surface area contributed by atoms with E-state index in [9.17, 15) is 4.79 Å². The van der Waals surface area contributed by atoms with Gasteiger partial charge in [0, 0.05) is 11.9 Å². The fourth-order valence-corrected chi connectivity index (χ4v) is 2.84. The van der Waals surface area contributed by atoms with E-state index in [1.807, 2.05) is 30.3 Å². The molecule has 2 rings (SSSR count). The Balaban J connectivity index is 2.14. The maximum Gasteiger partial charge on any atom is 0.313 e. The quantitative estimate of drug-likeness (QED) is 0.677. The summed E-state index contributed by atoms with van der Waals surface area (Å²) in [6.45, 7) is 0. The van der Waals surface area contributed by atoms with E-state index in [0.29, 0.717) is 11.4 Å². The minimum Gasteiger partial charge on any atom is -0.469 e. The number of carbonyl (C=O) groups is 1. The highest BCUT2D eigenvalue weighted by Crippen LogP contribution is 2.28. The number of aromatic nitrogens is 1. The molecule has 2 aromatic rings. The number of anilines is 1. The molecule has 0 bridgehead atoms. The number of carbonyl (C=O) groups excluding carboxylic acids is 1. The van der Waals surface area contributed by atoms with E-state index in [1.165, 1.54) is 18.9 Å². The normalized spacial score (nSPS) is 11.8. The van der Waals surface area contributed by atoms with Crippen LogP contribution in [0.5, 0.6) is 0 Å². The first-order valence-electron chi connectivity index (χ1n) is 6.18. The first-order chi connectivity index (χ1) is 9.72. The average molecular weight is 288 g/mol. The third kappa shape index (κ3) is 3.51. The summed E-state index contributed by atoms with van der Waals surface area (Å²) < 4.78 is 4.88. The van der Waals surface area contributed by atoms with Crippen LogP contribution >= 0.6 is 11.8 Å². The van der Waals surface area contributed by atoms with Crippen molar-refractivity contribution in [3.05, 3.63) is 54.2 Å². The van der Waals surface area contributed by atoms with Crippen molar-refractivity contribution in [2.24, 2.45) is 0 Å². The summed E-state index contributed by atoms with van der Waals surface area (Å²) in [7, 11) is 1.40. The zero-order valence-electron chi connectivity index (χ0n) is 11.2. The number of benzene rings is 1. The van der Waals surface area contributed by atoms with Crippen LogP contribution in [-0.4, -0.2) is 23.8 Å². The number of hydrogen-bond acceptors (Lipinski definition) is 5. The lowest BCUT2D eigenvalue weighted by molar-refractivity contribution is -0.141. The van der Waals surface area contributed by atoms with Gasteiger partial charge < -0.3 is 10.5 Å².